The SMILES string of the molecule is [C-]#[N+]c1cc(C(=O)N[C@@H](c2ccc(Cl)c(Cl)c2)c2ccc(Cl)cn2)ccc1F. The molecule has 2 aromatic carbocycles. The average molecular weight is 435 g/mol. The molecule has 3 aromatic rings. The molecule has 0 fully saturated rings. The molecule has 0 unspecified atom stereocenters. The molecule has 0 saturated heterocycles. The molecule has 0 bridgehead atoms. The molecule has 1 atom stereocenters. The highest BCUT2D eigenvalue weighted by Gasteiger charge is 2.21. The Hall–Kier alpha value is -2.65. The monoisotopic (exact) mass is 433 g/mol. The van der Waals surface area contributed by atoms with Gasteiger partial charge < -0.3 is 5.32 Å². The molecule has 0 aliphatic carbocycles. The fourth-order valence-electron chi connectivity index (χ4n) is 2.53. The lowest BCUT2D eigenvalue weighted by molar-refractivity contribution is 0.0942. The number of benzene rings is 2. The molecule has 0 saturated carbocycles. The summed E-state index contributed by atoms with van der Waals surface area (Å²) in [7, 11) is 0. The minimum atomic E-state index is -0.688. The van der Waals surface area contributed by atoms with Crippen molar-refractivity contribution in [1.82, 2.24) is 10.3 Å². The highest BCUT2D eigenvalue weighted by Crippen LogP contribution is 2.29. The lowest BCUT2D eigenvalue weighted by Gasteiger charge is -2.20. The van der Waals surface area contributed by atoms with Gasteiger partial charge in [-0.05, 0) is 48.0 Å². The smallest absolute Gasteiger partial charge is 0.250 e. The van der Waals surface area contributed by atoms with Crippen LogP contribution in [0.1, 0.15) is 27.7 Å². The highest BCUT2D eigenvalue weighted by atomic mass is 35.5. The number of hydrogen-bond donors (Lipinski definition) is 1. The van der Waals surface area contributed by atoms with Gasteiger partial charge in [0.25, 0.3) is 5.91 Å². The topological polar surface area (TPSA) is 46.4 Å². The van der Waals surface area contributed by atoms with Crippen molar-refractivity contribution in [3.63, 3.8) is 0 Å². The van der Waals surface area contributed by atoms with Crippen molar-refractivity contribution in [1.29, 1.82) is 0 Å². The van der Waals surface area contributed by atoms with Crippen molar-refractivity contribution in [3.8, 4) is 0 Å². The molecule has 1 aromatic heterocycles. The first-order valence-corrected chi connectivity index (χ1v) is 9.06. The largest absolute Gasteiger partial charge is 0.340 e. The van der Waals surface area contributed by atoms with E-state index in [1.807, 2.05) is 0 Å². The van der Waals surface area contributed by atoms with E-state index in [0.29, 0.717) is 26.3 Å². The van der Waals surface area contributed by atoms with Crippen LogP contribution in [-0.4, -0.2) is 10.9 Å². The first kappa shape index (κ1) is 20.1. The Bertz CT molecular complexity index is 1080. The lowest BCUT2D eigenvalue weighted by atomic mass is 10.0. The number of nitrogens with one attached hydrogen (secondary N) is 1. The van der Waals surface area contributed by atoms with E-state index >= 15 is 0 Å². The molecule has 4 nitrogen and oxygen atoms in total. The van der Waals surface area contributed by atoms with Crippen LogP contribution < -0.4 is 5.32 Å². The van der Waals surface area contributed by atoms with Gasteiger partial charge in [-0.2, -0.15) is 0 Å². The average Bonchev–Trinajstić information content (AvgIpc) is 2.69. The Kier molecular flexibility index (Phi) is 6.15. The van der Waals surface area contributed by atoms with Crippen LogP contribution >= 0.6 is 34.8 Å². The summed E-state index contributed by atoms with van der Waals surface area (Å²) in [5.74, 6) is -1.19. The summed E-state index contributed by atoms with van der Waals surface area (Å²) in [6.45, 7) is 7.00. The third-order valence-corrected chi connectivity index (χ3v) is 4.89. The van der Waals surface area contributed by atoms with Gasteiger partial charge in [0.15, 0.2) is 0 Å². The summed E-state index contributed by atoms with van der Waals surface area (Å²) in [6, 6.07) is 11.2. The predicted octanol–water partition coefficient (Wildman–Crippen LogP) is 6.25. The van der Waals surface area contributed by atoms with Crippen LogP contribution in [0.25, 0.3) is 4.85 Å². The van der Waals surface area contributed by atoms with Gasteiger partial charge in [0, 0.05) is 11.8 Å². The third kappa shape index (κ3) is 4.42. The number of carbonyl (C=O) groups excluding carboxylic acids is 1. The van der Waals surface area contributed by atoms with Gasteiger partial charge in [-0.3, -0.25) is 9.78 Å². The van der Waals surface area contributed by atoms with Gasteiger partial charge in [-0.25, -0.2) is 9.24 Å². The zero-order valence-corrected chi connectivity index (χ0v) is 16.4. The Morgan fingerprint density at radius 1 is 1.07 bits per heavy atom. The molecular weight excluding hydrogens is 424 g/mol. The lowest BCUT2D eigenvalue weighted by Crippen LogP contribution is -2.30. The fourth-order valence-corrected chi connectivity index (χ4v) is 2.95. The molecule has 3 rings (SSSR count). The molecule has 1 N–H and O–H groups in total. The number of amides is 1. The van der Waals surface area contributed by atoms with Gasteiger partial charge in [-0.15, -0.1) is 0 Å². The molecule has 28 heavy (non-hydrogen) atoms. The van der Waals surface area contributed by atoms with Gasteiger partial charge in [0.2, 0.25) is 5.69 Å². The molecular formula is C20H11Cl3FN3O. The summed E-state index contributed by atoms with van der Waals surface area (Å²) in [4.78, 5) is 20.1. The van der Waals surface area contributed by atoms with E-state index in [1.54, 1.807) is 30.3 Å². The maximum absolute atomic E-state index is 13.6. The van der Waals surface area contributed by atoms with Crippen LogP contribution in [0.3, 0.4) is 0 Å². The zero-order valence-electron chi connectivity index (χ0n) is 14.1. The van der Waals surface area contributed by atoms with Gasteiger partial charge >= 0.3 is 0 Å². The van der Waals surface area contributed by atoms with Crippen molar-refractivity contribution in [2.75, 3.05) is 0 Å². The summed E-state index contributed by atoms with van der Waals surface area (Å²) in [6.07, 6.45) is 1.46. The van der Waals surface area contributed by atoms with Crippen LogP contribution in [-0.2, 0) is 0 Å². The van der Waals surface area contributed by atoms with E-state index in [1.165, 1.54) is 18.3 Å². The summed E-state index contributed by atoms with van der Waals surface area (Å²) in [5, 5.41) is 3.98. The minimum absolute atomic E-state index is 0.145. The number of aromatic nitrogens is 1. The molecule has 1 heterocycles. The second kappa shape index (κ2) is 8.57. The van der Waals surface area contributed by atoms with Gasteiger partial charge in [-0.1, -0.05) is 40.9 Å². The van der Waals surface area contributed by atoms with E-state index in [4.69, 9.17) is 41.4 Å². The Morgan fingerprint density at radius 2 is 1.86 bits per heavy atom. The number of rotatable bonds is 4. The van der Waals surface area contributed by atoms with E-state index in [-0.39, 0.29) is 11.3 Å². The number of hydrogen-bond acceptors (Lipinski definition) is 2. The first-order valence-electron chi connectivity index (χ1n) is 7.93. The second-order valence-electron chi connectivity index (χ2n) is 5.76. The Balaban J connectivity index is 1.99. The number of nitrogens with zero attached hydrogens (tertiary/aromatic N) is 2. The number of carbonyl (C=O) groups is 1. The summed E-state index contributed by atoms with van der Waals surface area (Å²) < 4.78 is 13.6. The fraction of sp³-hybridized carbons (Fsp3) is 0.0500. The molecule has 0 aliphatic rings. The van der Waals surface area contributed by atoms with Gasteiger partial charge in [0.1, 0.15) is 5.82 Å². The van der Waals surface area contributed by atoms with Crippen molar-refractivity contribution in [2.45, 2.75) is 6.04 Å². The Morgan fingerprint density at radius 3 is 2.50 bits per heavy atom. The van der Waals surface area contributed by atoms with Crippen LogP contribution in [0.2, 0.25) is 15.1 Å². The quantitative estimate of drug-likeness (QED) is 0.493. The van der Waals surface area contributed by atoms with Crippen molar-refractivity contribution >= 4 is 46.4 Å². The second-order valence-corrected chi connectivity index (χ2v) is 7.01. The molecule has 0 radical (unpaired) electrons. The summed E-state index contributed by atoms with van der Waals surface area (Å²) >= 11 is 18.0. The van der Waals surface area contributed by atoms with Crippen molar-refractivity contribution < 1.29 is 9.18 Å². The standard InChI is InChI=1S/C20H11Cl3FN3O/c1-25-18-9-12(3-6-16(18)24)20(28)27-19(17-7-4-13(21)10-26-17)11-2-5-14(22)15(23)8-11/h2-10,19H,(H,27,28)/t19-/m0/s1. The van der Waals surface area contributed by atoms with Crippen LogP contribution in [0.4, 0.5) is 10.1 Å². The van der Waals surface area contributed by atoms with E-state index in [2.05, 4.69) is 15.1 Å². The Labute approximate surface area is 175 Å². The van der Waals surface area contributed by atoms with E-state index in [9.17, 15) is 9.18 Å². The first-order chi connectivity index (χ1) is 13.4. The van der Waals surface area contributed by atoms with Crippen molar-refractivity contribution in [2.24, 2.45) is 0 Å². The minimum Gasteiger partial charge on any atom is -0.340 e. The molecule has 0 spiro atoms. The van der Waals surface area contributed by atoms with Gasteiger partial charge in [0.05, 0.1) is 33.4 Å². The number of pyridine rings is 1. The zero-order chi connectivity index (χ0) is 20.3. The molecule has 0 aliphatic heterocycles. The normalized spacial score (nSPS) is 11.5. The highest BCUT2D eigenvalue weighted by molar-refractivity contribution is 6.42. The van der Waals surface area contributed by atoms with Crippen LogP contribution in [0.15, 0.2) is 54.7 Å². The predicted molar refractivity (Wildman–Crippen MR) is 108 cm³/mol. The number of halogens is 4. The van der Waals surface area contributed by atoms with E-state index < -0.39 is 17.8 Å². The van der Waals surface area contributed by atoms with Crippen molar-refractivity contribution in [3.05, 3.63) is 104 Å². The third-order valence-electron chi connectivity index (χ3n) is 3.93. The van der Waals surface area contributed by atoms with Crippen LogP contribution in [0, 0.1) is 12.4 Å². The summed E-state index contributed by atoms with van der Waals surface area (Å²) in [5.41, 5.74) is 1.07. The molecule has 8 heteroatoms. The van der Waals surface area contributed by atoms with E-state index in [0.717, 1.165) is 6.07 Å². The molecule has 140 valence electrons. The van der Waals surface area contributed by atoms with Crippen LogP contribution in [0.5, 0.6) is 0 Å². The molecule has 1 amide bonds. The maximum atomic E-state index is 13.6. The maximum Gasteiger partial charge on any atom is 0.250 e.